The Kier molecular flexibility index (Phi) is 4.20. The van der Waals surface area contributed by atoms with Gasteiger partial charge in [-0.05, 0) is 20.8 Å². The van der Waals surface area contributed by atoms with Crippen LogP contribution in [0.25, 0.3) is 10.6 Å². The van der Waals surface area contributed by atoms with Crippen molar-refractivity contribution < 1.29 is 9.90 Å². The Hall–Kier alpha value is -1.72. The van der Waals surface area contributed by atoms with Gasteiger partial charge in [0.2, 0.25) is 0 Å². The number of nitrogens with one attached hydrogen (secondary N) is 1. The molecule has 0 atom stereocenters. The number of carbonyl (C=O) groups excluding carboxylic acids is 1. The molecule has 0 unspecified atom stereocenters. The molecule has 1 heterocycles. The Labute approximate surface area is 122 Å². The van der Waals surface area contributed by atoms with E-state index in [4.69, 9.17) is 0 Å². The summed E-state index contributed by atoms with van der Waals surface area (Å²) in [4.78, 5) is 17.1. The number of hydrogen-bond donors (Lipinski definition) is 2. The van der Waals surface area contributed by atoms with Crippen LogP contribution in [0.5, 0.6) is 0 Å². The maximum atomic E-state index is 12.1. The number of hydrogen-bond acceptors (Lipinski definition) is 4. The second kappa shape index (κ2) is 5.73. The summed E-state index contributed by atoms with van der Waals surface area (Å²) in [5.74, 6) is -0.190. The Morgan fingerprint density at radius 2 is 2.00 bits per heavy atom. The molecule has 0 aliphatic rings. The molecule has 5 heteroatoms. The first kappa shape index (κ1) is 14.7. The smallest absolute Gasteiger partial charge is 0.263 e. The fourth-order valence-electron chi connectivity index (χ4n) is 1.69. The number of amides is 1. The van der Waals surface area contributed by atoms with Crippen LogP contribution in [-0.2, 0) is 0 Å². The largest absolute Gasteiger partial charge is 0.389 e. The van der Waals surface area contributed by atoms with Crippen LogP contribution >= 0.6 is 11.3 Å². The Balaban J connectivity index is 2.18. The van der Waals surface area contributed by atoms with Crippen LogP contribution in [0.2, 0.25) is 0 Å². The lowest BCUT2D eigenvalue weighted by Gasteiger charge is -2.17. The van der Waals surface area contributed by atoms with Gasteiger partial charge in [-0.25, -0.2) is 4.98 Å². The Bertz CT molecular complexity index is 600. The summed E-state index contributed by atoms with van der Waals surface area (Å²) in [7, 11) is 0. The molecule has 2 N–H and O–H groups in total. The monoisotopic (exact) mass is 290 g/mol. The summed E-state index contributed by atoms with van der Waals surface area (Å²) in [5, 5.41) is 13.2. The third kappa shape index (κ3) is 3.65. The molecule has 0 bridgehead atoms. The van der Waals surface area contributed by atoms with Crippen molar-refractivity contribution >= 4 is 17.2 Å². The molecule has 0 spiro atoms. The number of aryl methyl sites for hydroxylation is 1. The van der Waals surface area contributed by atoms with Crippen molar-refractivity contribution in [2.75, 3.05) is 6.54 Å². The SMILES string of the molecule is Cc1nc(-c2ccccc2)sc1C(=O)NCC(C)(C)O. The van der Waals surface area contributed by atoms with Gasteiger partial charge < -0.3 is 10.4 Å². The van der Waals surface area contributed by atoms with E-state index >= 15 is 0 Å². The molecule has 106 valence electrons. The molecule has 0 aliphatic heterocycles. The second-order valence-corrected chi connectivity index (χ2v) is 6.29. The van der Waals surface area contributed by atoms with Gasteiger partial charge in [-0.3, -0.25) is 4.79 Å². The number of carbonyl (C=O) groups is 1. The first-order valence-corrected chi connectivity index (χ1v) is 7.22. The minimum absolute atomic E-state index is 0.190. The van der Waals surface area contributed by atoms with E-state index in [1.165, 1.54) is 11.3 Å². The highest BCUT2D eigenvalue weighted by Crippen LogP contribution is 2.27. The van der Waals surface area contributed by atoms with E-state index in [1.807, 2.05) is 37.3 Å². The van der Waals surface area contributed by atoms with Gasteiger partial charge in [-0.2, -0.15) is 0 Å². The lowest BCUT2D eigenvalue weighted by molar-refractivity contribution is 0.0696. The standard InChI is InChI=1S/C15H18N2O2S/c1-10-12(13(18)16-9-15(2,3)19)20-14(17-10)11-7-5-4-6-8-11/h4-8,19H,9H2,1-3H3,(H,16,18). The zero-order valence-electron chi connectivity index (χ0n) is 11.8. The van der Waals surface area contributed by atoms with E-state index in [0.717, 1.165) is 10.6 Å². The number of aromatic nitrogens is 1. The van der Waals surface area contributed by atoms with Gasteiger partial charge >= 0.3 is 0 Å². The maximum absolute atomic E-state index is 12.1. The minimum atomic E-state index is -0.920. The maximum Gasteiger partial charge on any atom is 0.263 e. The first-order valence-electron chi connectivity index (χ1n) is 6.40. The molecule has 1 amide bonds. The third-order valence-corrected chi connectivity index (χ3v) is 3.91. The quantitative estimate of drug-likeness (QED) is 0.910. The fourth-order valence-corrected chi connectivity index (χ4v) is 2.68. The predicted molar refractivity (Wildman–Crippen MR) is 80.9 cm³/mol. The van der Waals surface area contributed by atoms with E-state index in [1.54, 1.807) is 13.8 Å². The molecular weight excluding hydrogens is 272 g/mol. The molecule has 1 aromatic heterocycles. The van der Waals surface area contributed by atoms with Gasteiger partial charge in [0.1, 0.15) is 9.88 Å². The average Bonchev–Trinajstić information content (AvgIpc) is 2.78. The molecule has 1 aromatic carbocycles. The van der Waals surface area contributed by atoms with Crippen molar-refractivity contribution in [2.45, 2.75) is 26.4 Å². The van der Waals surface area contributed by atoms with Crippen LogP contribution in [0, 0.1) is 6.92 Å². The molecule has 0 fully saturated rings. The molecule has 0 radical (unpaired) electrons. The lowest BCUT2D eigenvalue weighted by Crippen LogP contribution is -2.38. The number of nitrogens with zero attached hydrogens (tertiary/aromatic N) is 1. The van der Waals surface area contributed by atoms with E-state index in [-0.39, 0.29) is 12.5 Å². The van der Waals surface area contributed by atoms with Crippen LogP contribution < -0.4 is 5.32 Å². The summed E-state index contributed by atoms with van der Waals surface area (Å²) in [6, 6.07) is 9.77. The van der Waals surface area contributed by atoms with Gasteiger partial charge in [0.15, 0.2) is 0 Å². The zero-order chi connectivity index (χ0) is 14.8. The van der Waals surface area contributed by atoms with Crippen LogP contribution in [0.1, 0.15) is 29.2 Å². The summed E-state index contributed by atoms with van der Waals surface area (Å²) >= 11 is 1.37. The second-order valence-electron chi connectivity index (χ2n) is 5.29. The summed E-state index contributed by atoms with van der Waals surface area (Å²) in [5.41, 5.74) is 0.792. The molecule has 20 heavy (non-hydrogen) atoms. The van der Waals surface area contributed by atoms with E-state index in [9.17, 15) is 9.90 Å². The van der Waals surface area contributed by atoms with Crippen molar-refractivity contribution in [1.29, 1.82) is 0 Å². The van der Waals surface area contributed by atoms with Gasteiger partial charge in [-0.15, -0.1) is 11.3 Å². The highest BCUT2D eigenvalue weighted by molar-refractivity contribution is 7.17. The average molecular weight is 290 g/mol. The summed E-state index contributed by atoms with van der Waals surface area (Å²) in [6.07, 6.45) is 0. The fraction of sp³-hybridized carbons (Fsp3) is 0.333. The van der Waals surface area contributed by atoms with Crippen molar-refractivity contribution in [3.05, 3.63) is 40.9 Å². The molecule has 2 aromatic rings. The topological polar surface area (TPSA) is 62.2 Å². The van der Waals surface area contributed by atoms with E-state index in [2.05, 4.69) is 10.3 Å². The molecule has 4 nitrogen and oxygen atoms in total. The zero-order valence-corrected chi connectivity index (χ0v) is 12.6. The minimum Gasteiger partial charge on any atom is -0.389 e. The third-order valence-electron chi connectivity index (χ3n) is 2.71. The Morgan fingerprint density at radius 1 is 1.35 bits per heavy atom. The van der Waals surface area contributed by atoms with Gasteiger partial charge in [0.05, 0.1) is 11.3 Å². The number of aliphatic hydroxyl groups is 1. The first-order chi connectivity index (χ1) is 9.37. The van der Waals surface area contributed by atoms with Gasteiger partial charge in [0, 0.05) is 12.1 Å². The number of rotatable bonds is 4. The summed E-state index contributed by atoms with van der Waals surface area (Å²) in [6.45, 7) is 5.34. The Morgan fingerprint density at radius 3 is 2.60 bits per heavy atom. The van der Waals surface area contributed by atoms with Crippen molar-refractivity contribution in [2.24, 2.45) is 0 Å². The highest BCUT2D eigenvalue weighted by Gasteiger charge is 2.19. The molecule has 0 aliphatic carbocycles. The molecular formula is C15H18N2O2S. The summed E-state index contributed by atoms with van der Waals surface area (Å²) < 4.78 is 0. The molecule has 0 saturated heterocycles. The molecule has 2 rings (SSSR count). The number of thiazole rings is 1. The van der Waals surface area contributed by atoms with Gasteiger partial charge in [0.25, 0.3) is 5.91 Å². The van der Waals surface area contributed by atoms with E-state index in [0.29, 0.717) is 10.6 Å². The van der Waals surface area contributed by atoms with Crippen LogP contribution in [0.15, 0.2) is 30.3 Å². The van der Waals surface area contributed by atoms with Crippen LogP contribution in [0.3, 0.4) is 0 Å². The van der Waals surface area contributed by atoms with E-state index < -0.39 is 5.60 Å². The van der Waals surface area contributed by atoms with Crippen molar-refractivity contribution in [3.8, 4) is 10.6 Å². The highest BCUT2D eigenvalue weighted by atomic mass is 32.1. The molecule has 0 saturated carbocycles. The lowest BCUT2D eigenvalue weighted by atomic mass is 10.1. The van der Waals surface area contributed by atoms with Crippen LogP contribution in [0.4, 0.5) is 0 Å². The van der Waals surface area contributed by atoms with Crippen LogP contribution in [-0.4, -0.2) is 28.1 Å². The van der Waals surface area contributed by atoms with Crippen molar-refractivity contribution in [1.82, 2.24) is 10.3 Å². The predicted octanol–water partition coefficient (Wildman–Crippen LogP) is 2.62. The van der Waals surface area contributed by atoms with Crippen molar-refractivity contribution in [3.63, 3.8) is 0 Å². The number of benzene rings is 1. The van der Waals surface area contributed by atoms with Gasteiger partial charge in [-0.1, -0.05) is 30.3 Å². The normalized spacial score (nSPS) is 11.4.